The highest BCUT2D eigenvalue weighted by Crippen LogP contribution is 2.68. The maximum absolute atomic E-state index is 15.3. The highest BCUT2D eigenvalue weighted by atomic mass is 33.1. The number of Topliss-reactive ketones (excluding diaryl/α,β-unsaturated/α-hetero) is 1. The number of carboxylic acids is 1. The molecule has 4 fully saturated rings. The van der Waals surface area contributed by atoms with E-state index in [0.717, 1.165) is 38.9 Å². The minimum Gasteiger partial charge on any atom is -0.496 e. The van der Waals surface area contributed by atoms with Gasteiger partial charge in [-0.2, -0.15) is 9.59 Å². The van der Waals surface area contributed by atoms with Gasteiger partial charge in [-0.3, -0.25) is 39.2 Å². The van der Waals surface area contributed by atoms with Crippen LogP contribution in [0.25, 0.3) is 22.1 Å². The molecule has 1 saturated carbocycles. The van der Waals surface area contributed by atoms with Gasteiger partial charge < -0.3 is 79.6 Å². The topological polar surface area (TPSA) is 488 Å². The number of para-hydroxylation sites is 1. The van der Waals surface area contributed by atoms with Crippen LogP contribution in [0.15, 0.2) is 90.0 Å². The SMILES string of the molecule is CC[C@]1(O)C[C@H]2CN(CCc3c([nH]c4ccccc34)[C@@](COC=O)(c3cc4c(cc3OC)N(C)[C@H]3[C@@](O)(C(=O)NNC(=O)OCCSSCCNC(=O)[C@@H](CC(=O)c5ccc(CCc6cnc7nc(C)[nH]c(=O)c7n6)cc5)Cc5cn(CCO[C@@H]6OC(C(=O)O)[C@@H](O)[C@H](O)C6O)nn5)[C@H](O)[C@]5(CC)C=CCN6CC[C@]43[C@@H]65)C2)C1.O=C=O. The van der Waals surface area contributed by atoms with Crippen molar-refractivity contribution in [2.24, 2.45) is 17.3 Å². The van der Waals surface area contributed by atoms with E-state index in [1.165, 1.54) is 32.5 Å². The number of carbonyl (C=O) groups excluding carboxylic acids is 7. The average Bonchev–Trinajstić information content (AvgIpc) is 1.47. The number of fused-ring (bicyclic) bond motifs is 7. The van der Waals surface area contributed by atoms with E-state index in [-0.39, 0.29) is 86.1 Å². The number of aromatic amines is 2. The van der Waals surface area contributed by atoms with Crippen LogP contribution in [-0.2, 0) is 90.8 Å². The van der Waals surface area contributed by atoms with Crippen molar-refractivity contribution in [2.75, 3.05) is 89.7 Å². The molecule has 7 aliphatic rings. The van der Waals surface area contributed by atoms with Crippen molar-refractivity contribution >= 4 is 91.6 Å². The third kappa shape index (κ3) is 16.2. The summed E-state index contributed by atoms with van der Waals surface area (Å²) in [6, 6.07) is 17.6. The number of ketones is 1. The molecule has 7 aromatic rings. The molecule has 0 radical (unpaired) electrons. The molecule has 6 aliphatic heterocycles. The van der Waals surface area contributed by atoms with Gasteiger partial charge >= 0.3 is 18.2 Å². The van der Waals surface area contributed by atoms with Crippen molar-refractivity contribution in [1.29, 1.82) is 0 Å². The molecule has 4 aromatic heterocycles. The van der Waals surface area contributed by atoms with Crippen molar-refractivity contribution in [2.45, 2.75) is 162 Å². The quantitative estimate of drug-likeness (QED) is 0.00792. The number of rotatable bonds is 29. The summed E-state index contributed by atoms with van der Waals surface area (Å²) in [4.78, 5) is 136. The lowest BCUT2D eigenvalue weighted by Gasteiger charge is -2.63. The summed E-state index contributed by atoms with van der Waals surface area (Å²) >= 11 is 0. The first kappa shape index (κ1) is 84.3. The van der Waals surface area contributed by atoms with Crippen LogP contribution in [0.1, 0.15) is 108 Å². The fourth-order valence-corrected chi connectivity index (χ4v) is 20.9. The van der Waals surface area contributed by atoms with E-state index in [9.17, 15) is 64.5 Å². The largest absolute Gasteiger partial charge is 0.496 e. The Labute approximate surface area is 673 Å². The predicted octanol–water partition coefficient (Wildman–Crippen LogP) is 1.67. The Morgan fingerprint density at radius 2 is 1.67 bits per heavy atom. The van der Waals surface area contributed by atoms with Crippen LogP contribution in [0, 0.1) is 24.2 Å². The van der Waals surface area contributed by atoms with E-state index in [4.69, 9.17) is 33.3 Å². The third-order valence-electron chi connectivity index (χ3n) is 24.3. The smallest absolute Gasteiger partial charge is 0.426 e. The predicted molar refractivity (Wildman–Crippen MR) is 417 cm³/mol. The molecule has 2 bridgehead atoms. The fourth-order valence-electron chi connectivity index (χ4n) is 19.1. The van der Waals surface area contributed by atoms with Crippen LogP contribution in [0.2, 0.25) is 0 Å². The summed E-state index contributed by atoms with van der Waals surface area (Å²) in [5.74, 6) is -2.88. The molecule has 3 aromatic carbocycles. The van der Waals surface area contributed by atoms with Crippen LogP contribution in [0.3, 0.4) is 0 Å². The lowest BCUT2D eigenvalue weighted by molar-refractivity contribution is -0.294. The normalized spacial score (nSPS) is 28.5. The Morgan fingerprint density at radius 3 is 2.42 bits per heavy atom. The maximum Gasteiger partial charge on any atom is 0.426 e. The number of anilines is 1. The van der Waals surface area contributed by atoms with Crippen molar-refractivity contribution in [1.82, 2.24) is 65.9 Å². The van der Waals surface area contributed by atoms with Gasteiger partial charge in [0.25, 0.3) is 17.9 Å². The number of carboxylic acid groups (broad SMARTS) is 1. The number of nitrogens with zero attached hydrogens (tertiary/aromatic N) is 9. The van der Waals surface area contributed by atoms with Crippen molar-refractivity contribution < 1.29 is 97.8 Å². The van der Waals surface area contributed by atoms with Crippen LogP contribution in [0.4, 0.5) is 10.5 Å². The number of nitrogens with one attached hydrogen (secondary N) is 5. The number of H-pyrrole nitrogens is 2. The second-order valence-electron chi connectivity index (χ2n) is 30.9. The number of likely N-dealkylation sites (N-methyl/N-ethyl adjacent to an activating group) is 1. The molecule has 37 heteroatoms. The fraction of sp³-hybridized carbons (Fsp3) is 0.532. The molecule has 16 atom stereocenters. The molecule has 620 valence electrons. The van der Waals surface area contributed by atoms with Gasteiger partial charge in [-0.25, -0.2) is 34.6 Å². The highest BCUT2D eigenvalue weighted by Gasteiger charge is 2.79. The number of hydrogen-bond acceptors (Lipinski definition) is 30. The van der Waals surface area contributed by atoms with Crippen molar-refractivity contribution in [3.05, 3.63) is 146 Å². The molecular weight excluding hydrogens is 1550 g/mol. The molecule has 3 unspecified atom stereocenters. The number of aliphatic carboxylic acids is 1. The number of hydrazine groups is 1. The Morgan fingerprint density at radius 1 is 0.897 bits per heavy atom. The Hall–Kier alpha value is -9.60. The van der Waals surface area contributed by atoms with Crippen molar-refractivity contribution in [3.8, 4) is 5.75 Å². The standard InChI is InChI=1S/C78H96N14O19S2.CO2/c1-6-74(105)35-45-36-76(41-108-42-93,63-51(19-24-90(38-45)40-74)50-11-8-9-12-54(50)84-63)53-33-52-55(34-57(53)107-5)89(4)70-77(52)21-25-91-23-10-20-75(7-2,69(77)91)71(102)78(70,106)72(103)86-87-73(104)110-28-30-113-112-29-22-79-65(98)47(31-49-39-92(88-85-49)26-27-109-68-61(97)59(95)60(96)62(111-68)67(100)101)32-56(94)46-16-13-44(14-17-46)15-18-48-37-80-64-58(83-48)66(99)82-43(3)81-64;2-1-3/h8-14,16-17,20,33-34,37,39,42,45,47,59-62,68-71,84,95-97,102,105-106H,6-7,15,18-19,21-32,35-36,38,40-41H2,1-5H3,(H,79,98)(H,86,103)(H,87,104)(H,100,101)(H,80,81,82,99);/t45-,47-,59+,60+,61?,62?,68-,69+,70-,71-,74+,75-,76+,77-,78+;/m1./s1. The average molecular weight is 1640 g/mol. The van der Waals surface area contributed by atoms with Gasteiger partial charge in [0.1, 0.15) is 49.2 Å². The van der Waals surface area contributed by atoms with E-state index >= 15 is 4.79 Å². The Bertz CT molecular complexity index is 4930. The molecule has 10 heterocycles. The van der Waals surface area contributed by atoms with Crippen LogP contribution >= 0.6 is 21.6 Å². The number of aromatic nitrogens is 8. The van der Waals surface area contributed by atoms with Gasteiger partial charge in [0.2, 0.25) is 5.91 Å². The van der Waals surface area contributed by atoms with Gasteiger partial charge in [0.05, 0.1) is 60.8 Å². The number of hydrogen-bond donors (Lipinski definition) is 12. The summed E-state index contributed by atoms with van der Waals surface area (Å²) in [5, 5.41) is 91.5. The molecule has 12 N–H and O–H groups in total. The zero-order valence-electron chi connectivity index (χ0n) is 64.7. The summed E-state index contributed by atoms with van der Waals surface area (Å²) in [6.07, 6.45) is -0.818. The van der Waals surface area contributed by atoms with Gasteiger partial charge in [-0.15, -0.1) is 5.10 Å². The van der Waals surface area contributed by atoms with E-state index in [1.807, 2.05) is 55.2 Å². The summed E-state index contributed by atoms with van der Waals surface area (Å²) in [6.45, 7) is 8.84. The van der Waals surface area contributed by atoms with E-state index in [2.05, 4.69) is 73.3 Å². The zero-order chi connectivity index (χ0) is 82.6. The summed E-state index contributed by atoms with van der Waals surface area (Å²) < 4.78 is 30.2. The summed E-state index contributed by atoms with van der Waals surface area (Å²) in [7, 11) is 6.10. The lowest BCUT2D eigenvalue weighted by atomic mass is 9.47. The number of benzene rings is 3. The Kier molecular flexibility index (Phi) is 25.7. The Balaban J connectivity index is 0.00000384. The molecule has 14 rings (SSSR count). The number of aliphatic hydroxyl groups is 6. The monoisotopic (exact) mass is 1640 g/mol. The first-order chi connectivity index (χ1) is 55.7. The molecule has 35 nitrogen and oxygen atoms in total. The number of carbonyl (C=O) groups is 6. The lowest BCUT2D eigenvalue weighted by Crippen LogP contribution is -2.82. The summed E-state index contributed by atoms with van der Waals surface area (Å²) in [5.41, 5.74) is 5.06. The first-order valence-corrected chi connectivity index (χ1v) is 41.1. The second kappa shape index (κ2) is 35.3. The molecule has 116 heavy (non-hydrogen) atoms. The maximum atomic E-state index is 15.3. The zero-order valence-corrected chi connectivity index (χ0v) is 66.3. The molecular formula is C79H96N14O21S2. The van der Waals surface area contributed by atoms with Crippen LogP contribution in [-0.4, -0.2) is 273 Å². The number of piperidine rings is 1. The second-order valence-corrected chi connectivity index (χ2v) is 33.6. The van der Waals surface area contributed by atoms with Gasteiger partial charge in [-0.05, 0) is 99.6 Å². The van der Waals surface area contributed by atoms with E-state index < -0.39 is 106 Å². The van der Waals surface area contributed by atoms with Crippen LogP contribution in [0.5, 0.6) is 5.75 Å². The highest BCUT2D eigenvalue weighted by molar-refractivity contribution is 8.76. The molecule has 1 aliphatic carbocycles. The number of ether oxygens (including phenoxy) is 5. The molecule has 1 spiro atoms. The molecule has 3 saturated heterocycles. The van der Waals surface area contributed by atoms with Gasteiger partial charge in [0.15, 0.2) is 34.9 Å². The van der Waals surface area contributed by atoms with Crippen molar-refractivity contribution in [3.63, 3.8) is 0 Å². The first-order valence-electron chi connectivity index (χ1n) is 38.6. The third-order valence-corrected chi connectivity index (χ3v) is 26.6. The minimum atomic E-state index is -2.60. The van der Waals surface area contributed by atoms with E-state index in [0.29, 0.717) is 131 Å². The minimum absolute atomic E-state index is 0.00368. The number of amides is 3. The number of methoxy groups -OCH3 is 1. The van der Waals surface area contributed by atoms with E-state index in [1.54, 1.807) is 51.5 Å². The van der Waals surface area contributed by atoms with Crippen LogP contribution < -0.4 is 31.4 Å². The molecule has 3 amide bonds. The number of aliphatic hydroxyl groups excluding tert-OH is 4. The number of aryl methyl sites for hydroxylation is 3. The van der Waals surface area contributed by atoms with Gasteiger partial charge in [-0.1, -0.05) is 95.3 Å². The van der Waals surface area contributed by atoms with Gasteiger partial charge in [0, 0.05) is 127 Å².